The van der Waals surface area contributed by atoms with Crippen LogP contribution in [0.15, 0.2) is 41.3 Å². The van der Waals surface area contributed by atoms with E-state index in [2.05, 4.69) is 0 Å². The quantitative estimate of drug-likeness (QED) is 0.225. The number of carbonyl (C=O) groups excluding carboxylic acids is 4. The normalized spacial score (nSPS) is 14.7. The molecule has 32 heavy (non-hydrogen) atoms. The number of carbonyl (C=O) groups is 4. The summed E-state index contributed by atoms with van der Waals surface area (Å²) in [6.45, 7) is 1.58. The van der Waals surface area contributed by atoms with Crippen molar-refractivity contribution in [1.82, 2.24) is 4.90 Å². The van der Waals surface area contributed by atoms with E-state index in [4.69, 9.17) is 26.8 Å². The Hall–Kier alpha value is -2.57. The van der Waals surface area contributed by atoms with Crippen LogP contribution in [0, 0.1) is 3.57 Å². The number of thioether (sulfide) groups is 1. The zero-order valence-corrected chi connectivity index (χ0v) is 20.3. The maximum Gasteiger partial charge on any atom is 0.345 e. The van der Waals surface area contributed by atoms with Gasteiger partial charge in [0, 0.05) is 0 Å². The van der Waals surface area contributed by atoms with Gasteiger partial charge >= 0.3 is 5.97 Å². The molecule has 0 spiro atoms. The van der Waals surface area contributed by atoms with Crippen LogP contribution in [0.1, 0.15) is 22.8 Å². The van der Waals surface area contributed by atoms with Gasteiger partial charge in [-0.1, -0.05) is 23.7 Å². The number of benzene rings is 2. The SMILES string of the molecule is CCOc1cc(/C=C2\SC(=O)N(CC(N)=O)C2=O)cc(I)c1OC(=O)c1ccccc1Cl. The largest absolute Gasteiger partial charge is 0.490 e. The van der Waals surface area contributed by atoms with E-state index < -0.39 is 29.6 Å². The third-order valence-electron chi connectivity index (χ3n) is 4.11. The number of halogens is 2. The summed E-state index contributed by atoms with van der Waals surface area (Å²) in [5, 5.41) is -0.321. The number of imide groups is 1. The molecule has 2 aromatic carbocycles. The maximum absolute atomic E-state index is 12.6. The van der Waals surface area contributed by atoms with E-state index in [0.717, 1.165) is 4.90 Å². The molecular weight excluding hydrogens is 571 g/mol. The van der Waals surface area contributed by atoms with Gasteiger partial charge in [0.25, 0.3) is 11.1 Å². The second-order valence-corrected chi connectivity index (χ2v) is 8.93. The molecule has 8 nitrogen and oxygen atoms in total. The van der Waals surface area contributed by atoms with Crippen molar-refractivity contribution in [2.24, 2.45) is 5.73 Å². The summed E-state index contributed by atoms with van der Waals surface area (Å²) in [6, 6.07) is 9.76. The van der Waals surface area contributed by atoms with Gasteiger partial charge in [-0.2, -0.15) is 0 Å². The van der Waals surface area contributed by atoms with Gasteiger partial charge in [0.2, 0.25) is 5.91 Å². The van der Waals surface area contributed by atoms with Gasteiger partial charge in [-0.3, -0.25) is 19.3 Å². The Morgan fingerprint density at radius 1 is 1.25 bits per heavy atom. The van der Waals surface area contributed by atoms with Crippen molar-refractivity contribution in [2.45, 2.75) is 6.92 Å². The van der Waals surface area contributed by atoms with Crippen molar-refractivity contribution in [2.75, 3.05) is 13.2 Å². The summed E-state index contributed by atoms with van der Waals surface area (Å²) < 4.78 is 11.7. The monoisotopic (exact) mass is 586 g/mol. The Labute approximate surface area is 206 Å². The van der Waals surface area contributed by atoms with Crippen LogP contribution in [0.25, 0.3) is 6.08 Å². The molecule has 2 aromatic rings. The highest BCUT2D eigenvalue weighted by Gasteiger charge is 2.36. The summed E-state index contributed by atoms with van der Waals surface area (Å²) >= 11 is 8.76. The molecule has 1 aliphatic heterocycles. The van der Waals surface area contributed by atoms with Crippen LogP contribution in [0.5, 0.6) is 11.5 Å². The summed E-state index contributed by atoms with van der Waals surface area (Å²) in [4.78, 5) is 49.1. The van der Waals surface area contributed by atoms with E-state index in [-0.39, 0.29) is 27.0 Å². The van der Waals surface area contributed by atoms with E-state index >= 15 is 0 Å². The first-order chi connectivity index (χ1) is 15.2. The Kier molecular flexibility index (Phi) is 7.80. The molecular formula is C21H16ClIN2O6S. The van der Waals surface area contributed by atoms with Gasteiger partial charge in [-0.05, 0) is 77.2 Å². The molecule has 3 amide bonds. The lowest BCUT2D eigenvalue weighted by atomic mass is 10.1. The average Bonchev–Trinajstić information content (AvgIpc) is 2.98. The first-order valence-corrected chi connectivity index (χ1v) is 11.4. The number of hydrogen-bond acceptors (Lipinski definition) is 7. The van der Waals surface area contributed by atoms with Gasteiger partial charge in [0.05, 0.1) is 25.7 Å². The molecule has 1 fully saturated rings. The van der Waals surface area contributed by atoms with Crippen molar-refractivity contribution in [3.63, 3.8) is 0 Å². The Balaban J connectivity index is 1.92. The maximum atomic E-state index is 12.6. The molecule has 0 bridgehead atoms. The lowest BCUT2D eigenvalue weighted by Gasteiger charge is -2.14. The first kappa shape index (κ1) is 24.1. The zero-order valence-electron chi connectivity index (χ0n) is 16.6. The van der Waals surface area contributed by atoms with E-state index in [1.165, 1.54) is 6.08 Å². The average molecular weight is 587 g/mol. The summed E-state index contributed by atoms with van der Waals surface area (Å²) in [5.41, 5.74) is 5.84. The fourth-order valence-corrected chi connectivity index (χ4v) is 4.54. The number of primary amides is 1. The molecule has 1 heterocycles. The molecule has 0 unspecified atom stereocenters. The third kappa shape index (κ3) is 5.43. The van der Waals surface area contributed by atoms with Gasteiger partial charge in [0.15, 0.2) is 11.5 Å². The van der Waals surface area contributed by atoms with E-state index in [1.807, 2.05) is 22.6 Å². The standard InChI is InChI=1S/C21H16ClIN2O6S/c1-2-30-15-8-11(9-16-19(27)25(10-17(24)26)21(29)32-16)7-14(23)18(15)31-20(28)12-5-3-4-6-13(12)22/h3-9H,2,10H2,1H3,(H2,24,26)/b16-9-. The van der Waals surface area contributed by atoms with Crippen LogP contribution >= 0.6 is 46.0 Å². The van der Waals surface area contributed by atoms with Crippen molar-refractivity contribution in [1.29, 1.82) is 0 Å². The summed E-state index contributed by atoms with van der Waals surface area (Å²) in [5.74, 6) is -1.55. The van der Waals surface area contributed by atoms with Crippen molar-refractivity contribution < 1.29 is 28.7 Å². The molecule has 11 heteroatoms. The minimum Gasteiger partial charge on any atom is -0.490 e. The lowest BCUT2D eigenvalue weighted by molar-refractivity contribution is -0.127. The summed E-state index contributed by atoms with van der Waals surface area (Å²) in [6.07, 6.45) is 1.50. The number of nitrogens with zero attached hydrogens (tertiary/aromatic N) is 1. The van der Waals surface area contributed by atoms with Gasteiger partial charge in [0.1, 0.15) is 6.54 Å². The highest BCUT2D eigenvalue weighted by Crippen LogP contribution is 2.38. The number of hydrogen-bond donors (Lipinski definition) is 1. The van der Waals surface area contributed by atoms with Crippen LogP contribution in [-0.4, -0.2) is 41.1 Å². The van der Waals surface area contributed by atoms with Crippen LogP contribution in [0.4, 0.5) is 4.79 Å². The lowest BCUT2D eigenvalue weighted by Crippen LogP contribution is -2.36. The highest BCUT2D eigenvalue weighted by atomic mass is 127. The van der Waals surface area contributed by atoms with Crippen LogP contribution in [-0.2, 0) is 9.59 Å². The van der Waals surface area contributed by atoms with Crippen molar-refractivity contribution in [3.05, 3.63) is 61.0 Å². The van der Waals surface area contributed by atoms with E-state index in [0.29, 0.717) is 27.5 Å². The molecule has 166 valence electrons. The molecule has 1 aliphatic rings. The molecule has 0 aliphatic carbocycles. The van der Waals surface area contributed by atoms with Crippen molar-refractivity contribution >= 4 is 75.1 Å². The van der Waals surface area contributed by atoms with Crippen LogP contribution in [0.3, 0.4) is 0 Å². The number of ether oxygens (including phenoxy) is 2. The fraction of sp³-hybridized carbons (Fsp3) is 0.143. The Bertz CT molecular complexity index is 1150. The smallest absolute Gasteiger partial charge is 0.345 e. The van der Waals surface area contributed by atoms with E-state index in [9.17, 15) is 19.2 Å². The predicted molar refractivity (Wildman–Crippen MR) is 129 cm³/mol. The number of nitrogens with two attached hydrogens (primary N) is 1. The van der Waals surface area contributed by atoms with Gasteiger partial charge < -0.3 is 15.2 Å². The highest BCUT2D eigenvalue weighted by molar-refractivity contribution is 14.1. The van der Waals surface area contributed by atoms with Crippen LogP contribution < -0.4 is 15.2 Å². The predicted octanol–water partition coefficient (Wildman–Crippen LogP) is 4.08. The Morgan fingerprint density at radius 2 is 1.97 bits per heavy atom. The number of amides is 3. The zero-order chi connectivity index (χ0) is 23.4. The Morgan fingerprint density at radius 3 is 2.62 bits per heavy atom. The van der Waals surface area contributed by atoms with Crippen molar-refractivity contribution in [3.8, 4) is 11.5 Å². The first-order valence-electron chi connectivity index (χ1n) is 9.18. The van der Waals surface area contributed by atoms with Crippen LogP contribution in [0.2, 0.25) is 5.02 Å². The van der Waals surface area contributed by atoms with Gasteiger partial charge in [-0.25, -0.2) is 4.79 Å². The molecule has 3 rings (SSSR count). The minimum atomic E-state index is -0.786. The topological polar surface area (TPSA) is 116 Å². The second-order valence-electron chi connectivity index (χ2n) is 6.37. The molecule has 0 atom stereocenters. The molecule has 0 aromatic heterocycles. The number of esters is 1. The number of rotatable bonds is 7. The fourth-order valence-electron chi connectivity index (χ4n) is 2.75. The molecule has 0 radical (unpaired) electrons. The van der Waals surface area contributed by atoms with Gasteiger partial charge in [-0.15, -0.1) is 0 Å². The molecule has 2 N–H and O–H groups in total. The van der Waals surface area contributed by atoms with E-state index in [1.54, 1.807) is 43.3 Å². The minimum absolute atomic E-state index is 0.135. The summed E-state index contributed by atoms with van der Waals surface area (Å²) in [7, 11) is 0. The third-order valence-corrected chi connectivity index (χ3v) is 6.14. The molecule has 0 saturated carbocycles. The molecule has 1 saturated heterocycles. The second kappa shape index (κ2) is 10.4.